The number of rotatable bonds is 3. The third-order valence-electron chi connectivity index (χ3n) is 4.40. The van der Waals surface area contributed by atoms with Crippen molar-refractivity contribution in [3.8, 4) is 0 Å². The van der Waals surface area contributed by atoms with E-state index in [-0.39, 0.29) is 5.41 Å². The van der Waals surface area contributed by atoms with Gasteiger partial charge in [-0.05, 0) is 61.4 Å². The van der Waals surface area contributed by atoms with Crippen molar-refractivity contribution in [3.05, 3.63) is 35.1 Å². The standard InChI is InChI=1S/C18H25NO/c1-11-8-14(18(2,3)4)9-13-10-15(20-17(11)13)16(19-5)12-6-7-12/h8-10,12,16,19H,6-7H2,1-5H3. The summed E-state index contributed by atoms with van der Waals surface area (Å²) in [5.41, 5.74) is 3.84. The topological polar surface area (TPSA) is 25.2 Å². The van der Waals surface area contributed by atoms with Crippen LogP contribution < -0.4 is 5.32 Å². The maximum atomic E-state index is 6.16. The minimum absolute atomic E-state index is 0.176. The van der Waals surface area contributed by atoms with Crippen molar-refractivity contribution in [1.82, 2.24) is 5.32 Å². The van der Waals surface area contributed by atoms with Crippen LogP contribution in [0.5, 0.6) is 0 Å². The van der Waals surface area contributed by atoms with Gasteiger partial charge in [0.05, 0.1) is 6.04 Å². The smallest absolute Gasteiger partial charge is 0.137 e. The van der Waals surface area contributed by atoms with Gasteiger partial charge in [0.25, 0.3) is 0 Å². The molecule has 108 valence electrons. The molecule has 0 radical (unpaired) electrons. The zero-order chi connectivity index (χ0) is 14.5. The molecule has 1 unspecified atom stereocenters. The molecule has 1 heterocycles. The molecule has 2 nitrogen and oxygen atoms in total. The Morgan fingerprint density at radius 1 is 1.20 bits per heavy atom. The largest absolute Gasteiger partial charge is 0.459 e. The fourth-order valence-electron chi connectivity index (χ4n) is 2.97. The summed E-state index contributed by atoms with van der Waals surface area (Å²) in [5, 5.41) is 4.65. The Bertz CT molecular complexity index is 629. The molecule has 2 heteroatoms. The van der Waals surface area contributed by atoms with E-state index in [1.165, 1.54) is 29.4 Å². The third-order valence-corrected chi connectivity index (χ3v) is 4.40. The van der Waals surface area contributed by atoms with E-state index >= 15 is 0 Å². The molecule has 0 amide bonds. The molecular formula is C18H25NO. The number of aryl methyl sites for hydroxylation is 1. The highest BCUT2D eigenvalue weighted by molar-refractivity contribution is 5.82. The van der Waals surface area contributed by atoms with Crippen LogP contribution in [0, 0.1) is 12.8 Å². The van der Waals surface area contributed by atoms with Crippen molar-refractivity contribution in [1.29, 1.82) is 0 Å². The summed E-state index contributed by atoms with van der Waals surface area (Å²) < 4.78 is 6.16. The van der Waals surface area contributed by atoms with Crippen LogP contribution in [0.15, 0.2) is 22.6 Å². The molecule has 1 fully saturated rings. The van der Waals surface area contributed by atoms with Gasteiger partial charge in [0, 0.05) is 5.39 Å². The number of hydrogen-bond acceptors (Lipinski definition) is 2. The first-order valence-corrected chi connectivity index (χ1v) is 7.62. The van der Waals surface area contributed by atoms with Gasteiger partial charge in [-0.1, -0.05) is 26.8 Å². The lowest BCUT2D eigenvalue weighted by Gasteiger charge is -2.19. The van der Waals surface area contributed by atoms with E-state index in [1.807, 2.05) is 7.05 Å². The summed E-state index contributed by atoms with van der Waals surface area (Å²) >= 11 is 0. The van der Waals surface area contributed by atoms with Gasteiger partial charge in [0.2, 0.25) is 0 Å². The summed E-state index contributed by atoms with van der Waals surface area (Å²) in [5.74, 6) is 1.85. The Morgan fingerprint density at radius 3 is 2.45 bits per heavy atom. The zero-order valence-electron chi connectivity index (χ0n) is 13.2. The molecule has 1 N–H and O–H groups in total. The number of nitrogens with one attached hydrogen (secondary N) is 1. The molecular weight excluding hydrogens is 246 g/mol. The van der Waals surface area contributed by atoms with Crippen LogP contribution >= 0.6 is 0 Å². The first-order chi connectivity index (χ1) is 9.40. The number of fused-ring (bicyclic) bond motifs is 1. The molecule has 0 saturated heterocycles. The minimum Gasteiger partial charge on any atom is -0.459 e. The van der Waals surface area contributed by atoms with Crippen LogP contribution in [0.3, 0.4) is 0 Å². The summed E-state index contributed by atoms with van der Waals surface area (Å²) in [6, 6.07) is 7.16. The third kappa shape index (κ3) is 2.37. The van der Waals surface area contributed by atoms with Gasteiger partial charge < -0.3 is 9.73 Å². The normalized spacial score (nSPS) is 17.6. The van der Waals surface area contributed by atoms with Gasteiger partial charge in [0.15, 0.2) is 0 Å². The zero-order valence-corrected chi connectivity index (χ0v) is 13.2. The van der Waals surface area contributed by atoms with Crippen molar-refractivity contribution >= 4 is 11.0 Å². The van der Waals surface area contributed by atoms with Gasteiger partial charge in [-0.15, -0.1) is 0 Å². The quantitative estimate of drug-likeness (QED) is 0.874. The molecule has 1 aliphatic rings. The summed E-state index contributed by atoms with van der Waals surface area (Å²) in [6.45, 7) is 8.93. The first kappa shape index (κ1) is 13.7. The van der Waals surface area contributed by atoms with Crippen molar-refractivity contribution in [2.24, 2.45) is 5.92 Å². The van der Waals surface area contributed by atoms with E-state index in [0.717, 1.165) is 17.3 Å². The van der Waals surface area contributed by atoms with Crippen LogP contribution in [-0.4, -0.2) is 7.05 Å². The molecule has 1 saturated carbocycles. The summed E-state index contributed by atoms with van der Waals surface area (Å²) in [7, 11) is 2.03. The molecule has 1 aromatic carbocycles. The number of hydrogen-bond donors (Lipinski definition) is 1. The monoisotopic (exact) mass is 271 g/mol. The van der Waals surface area contributed by atoms with E-state index in [0.29, 0.717) is 6.04 Å². The highest BCUT2D eigenvalue weighted by Crippen LogP contribution is 2.42. The van der Waals surface area contributed by atoms with E-state index < -0.39 is 0 Å². The van der Waals surface area contributed by atoms with Crippen molar-refractivity contribution < 1.29 is 4.42 Å². The fraction of sp³-hybridized carbons (Fsp3) is 0.556. The Hall–Kier alpha value is -1.28. The average Bonchev–Trinajstić information content (AvgIpc) is 3.08. The highest BCUT2D eigenvalue weighted by atomic mass is 16.3. The average molecular weight is 271 g/mol. The molecule has 1 atom stereocenters. The SMILES string of the molecule is CNC(c1cc2cc(C(C)(C)C)cc(C)c2o1)C1CC1. The molecule has 0 aliphatic heterocycles. The second-order valence-electron chi connectivity index (χ2n) is 7.21. The Labute approximate surface area is 121 Å². The minimum atomic E-state index is 0.176. The van der Waals surface area contributed by atoms with E-state index in [9.17, 15) is 0 Å². The lowest BCUT2D eigenvalue weighted by atomic mass is 9.85. The van der Waals surface area contributed by atoms with Crippen LogP contribution in [0.4, 0.5) is 0 Å². The summed E-state index contributed by atoms with van der Waals surface area (Å²) in [6.07, 6.45) is 2.63. The molecule has 1 aromatic heterocycles. The number of furan rings is 1. The van der Waals surface area contributed by atoms with E-state index in [2.05, 4.69) is 51.2 Å². The Balaban J connectivity index is 2.08. The molecule has 0 spiro atoms. The molecule has 1 aliphatic carbocycles. The van der Waals surface area contributed by atoms with Gasteiger partial charge >= 0.3 is 0 Å². The van der Waals surface area contributed by atoms with Crippen LogP contribution in [-0.2, 0) is 5.41 Å². The van der Waals surface area contributed by atoms with Gasteiger partial charge in [-0.3, -0.25) is 0 Å². The summed E-state index contributed by atoms with van der Waals surface area (Å²) in [4.78, 5) is 0. The second kappa shape index (κ2) is 4.63. The predicted molar refractivity (Wildman–Crippen MR) is 84.2 cm³/mol. The van der Waals surface area contributed by atoms with Crippen molar-refractivity contribution in [3.63, 3.8) is 0 Å². The fourth-order valence-corrected chi connectivity index (χ4v) is 2.97. The van der Waals surface area contributed by atoms with Crippen LogP contribution in [0.2, 0.25) is 0 Å². The molecule has 2 aromatic rings. The lowest BCUT2D eigenvalue weighted by molar-refractivity contribution is 0.419. The van der Waals surface area contributed by atoms with Crippen molar-refractivity contribution in [2.75, 3.05) is 7.05 Å². The Kier molecular flexibility index (Phi) is 3.17. The molecule has 20 heavy (non-hydrogen) atoms. The Morgan fingerprint density at radius 2 is 1.90 bits per heavy atom. The predicted octanol–water partition coefficient (Wildman–Crippen LogP) is 4.71. The molecule has 3 rings (SSSR count). The lowest BCUT2D eigenvalue weighted by Crippen LogP contribution is -2.17. The van der Waals surface area contributed by atoms with E-state index in [1.54, 1.807) is 0 Å². The first-order valence-electron chi connectivity index (χ1n) is 7.62. The van der Waals surface area contributed by atoms with Gasteiger partial charge in [0.1, 0.15) is 11.3 Å². The van der Waals surface area contributed by atoms with Crippen LogP contribution in [0.25, 0.3) is 11.0 Å². The van der Waals surface area contributed by atoms with Gasteiger partial charge in [-0.2, -0.15) is 0 Å². The van der Waals surface area contributed by atoms with Gasteiger partial charge in [-0.25, -0.2) is 0 Å². The van der Waals surface area contributed by atoms with E-state index in [4.69, 9.17) is 4.42 Å². The highest BCUT2D eigenvalue weighted by Gasteiger charge is 2.33. The second-order valence-corrected chi connectivity index (χ2v) is 7.21. The van der Waals surface area contributed by atoms with Crippen LogP contribution in [0.1, 0.15) is 56.5 Å². The number of benzene rings is 1. The maximum Gasteiger partial charge on any atom is 0.137 e. The van der Waals surface area contributed by atoms with Crippen molar-refractivity contribution in [2.45, 2.75) is 52.0 Å². The maximum absolute atomic E-state index is 6.16. The molecule has 0 bridgehead atoms.